The number of nitrogens with one attached hydrogen (secondary N) is 1. The Kier molecular flexibility index (Phi) is 9.62. The van der Waals surface area contributed by atoms with E-state index < -0.39 is 30.4 Å². The lowest BCUT2D eigenvalue weighted by Crippen LogP contribution is -2.53. The van der Waals surface area contributed by atoms with Crippen LogP contribution in [-0.2, 0) is 19.1 Å². The van der Waals surface area contributed by atoms with Crippen molar-refractivity contribution in [1.29, 1.82) is 0 Å². The van der Waals surface area contributed by atoms with E-state index in [1.54, 1.807) is 45.4 Å². The van der Waals surface area contributed by atoms with Crippen molar-refractivity contribution in [3.8, 4) is 0 Å². The number of nitrogens with zero attached hydrogens (tertiary/aromatic N) is 3. The van der Waals surface area contributed by atoms with E-state index >= 15 is 0 Å². The van der Waals surface area contributed by atoms with Crippen molar-refractivity contribution in [3.05, 3.63) is 60.4 Å². The normalized spacial score (nSPS) is 12.5. The monoisotopic (exact) mass is 442 g/mol. The molecule has 0 saturated carbocycles. The largest absolute Gasteiger partial charge is 0.480 e. The van der Waals surface area contributed by atoms with Gasteiger partial charge >= 0.3 is 11.9 Å². The number of aliphatic carboxylic acids is 1. The van der Waals surface area contributed by atoms with Crippen LogP contribution in [0.25, 0.3) is 0 Å². The molecule has 32 heavy (non-hydrogen) atoms. The highest BCUT2D eigenvalue weighted by molar-refractivity contribution is 5.86. The molecule has 0 unspecified atom stereocenters. The number of aromatic nitrogens is 1. The molecule has 172 valence electrons. The van der Waals surface area contributed by atoms with Crippen LogP contribution in [0.1, 0.15) is 31.7 Å². The Morgan fingerprint density at radius 3 is 2.38 bits per heavy atom. The summed E-state index contributed by atoms with van der Waals surface area (Å²) < 4.78 is 5.21. The Hall–Kier alpha value is -3.46. The summed E-state index contributed by atoms with van der Waals surface area (Å²) >= 11 is 0. The van der Waals surface area contributed by atoms with Gasteiger partial charge in [-0.25, -0.2) is 5.01 Å². The maximum atomic E-state index is 13.0. The molecule has 0 bridgehead atoms. The topological polar surface area (TPSA) is 112 Å². The van der Waals surface area contributed by atoms with Crippen molar-refractivity contribution in [1.82, 2.24) is 15.3 Å². The maximum Gasteiger partial charge on any atom is 0.325 e. The zero-order chi connectivity index (χ0) is 23.5. The van der Waals surface area contributed by atoms with Gasteiger partial charge in [-0.2, -0.15) is 0 Å². The summed E-state index contributed by atoms with van der Waals surface area (Å²) in [5.41, 5.74) is 1.48. The molecule has 0 aliphatic rings. The third-order valence-electron chi connectivity index (χ3n) is 4.96. The standard InChI is InChI=1S/C23H30N4O5/c1-4-32-23(31)20(18-8-6-5-7-9-18)12-15-25-17(2)22(30)27(16-21(28)29)26(3)19-10-13-24-14-11-19/h5-11,13-14,17,20,25H,4,12,15-16H2,1-3H3,(H,28,29)/t17-,20-/m0/s1. The van der Waals surface area contributed by atoms with Crippen molar-refractivity contribution in [3.63, 3.8) is 0 Å². The second-order valence-corrected chi connectivity index (χ2v) is 7.20. The minimum absolute atomic E-state index is 0.288. The first-order chi connectivity index (χ1) is 15.3. The number of esters is 1. The Bertz CT molecular complexity index is 878. The van der Waals surface area contributed by atoms with Crippen LogP contribution in [0.15, 0.2) is 54.9 Å². The maximum absolute atomic E-state index is 13.0. The van der Waals surface area contributed by atoms with Gasteiger partial charge in [0.1, 0.15) is 6.54 Å². The van der Waals surface area contributed by atoms with E-state index in [1.165, 1.54) is 5.01 Å². The molecule has 0 aliphatic carbocycles. The second-order valence-electron chi connectivity index (χ2n) is 7.20. The molecular formula is C23H30N4O5. The zero-order valence-corrected chi connectivity index (χ0v) is 18.6. The van der Waals surface area contributed by atoms with Gasteiger partial charge in [-0.05, 0) is 44.5 Å². The Labute approximate surface area is 188 Å². The van der Waals surface area contributed by atoms with Gasteiger partial charge < -0.3 is 15.2 Å². The number of carbonyl (C=O) groups is 3. The Morgan fingerprint density at radius 1 is 1.12 bits per heavy atom. The highest BCUT2D eigenvalue weighted by atomic mass is 16.5. The van der Waals surface area contributed by atoms with Gasteiger partial charge in [0.15, 0.2) is 0 Å². The van der Waals surface area contributed by atoms with E-state index in [9.17, 15) is 19.5 Å². The fourth-order valence-corrected chi connectivity index (χ4v) is 3.26. The van der Waals surface area contributed by atoms with Crippen molar-refractivity contribution >= 4 is 23.5 Å². The fraction of sp³-hybridized carbons (Fsp3) is 0.391. The van der Waals surface area contributed by atoms with Crippen LogP contribution in [0.4, 0.5) is 5.69 Å². The van der Waals surface area contributed by atoms with Gasteiger partial charge in [-0.1, -0.05) is 30.3 Å². The third-order valence-corrected chi connectivity index (χ3v) is 4.96. The summed E-state index contributed by atoms with van der Waals surface area (Å²) in [5.74, 6) is -2.30. The fourth-order valence-electron chi connectivity index (χ4n) is 3.26. The lowest BCUT2D eigenvalue weighted by Gasteiger charge is -2.34. The van der Waals surface area contributed by atoms with Crippen LogP contribution in [0, 0.1) is 0 Å². The number of hydrogen-bond acceptors (Lipinski definition) is 7. The smallest absolute Gasteiger partial charge is 0.325 e. The molecule has 0 aliphatic heterocycles. The molecule has 0 spiro atoms. The van der Waals surface area contributed by atoms with Crippen LogP contribution in [0.2, 0.25) is 0 Å². The predicted octanol–water partition coefficient (Wildman–Crippen LogP) is 2.06. The van der Waals surface area contributed by atoms with Gasteiger partial charge in [0, 0.05) is 19.4 Å². The van der Waals surface area contributed by atoms with Crippen molar-refractivity contribution in [2.45, 2.75) is 32.2 Å². The highest BCUT2D eigenvalue weighted by Crippen LogP contribution is 2.21. The number of carbonyl (C=O) groups excluding carboxylic acids is 2. The average molecular weight is 443 g/mol. The number of hydrazine groups is 1. The van der Waals surface area contributed by atoms with Crippen LogP contribution in [-0.4, -0.2) is 65.7 Å². The van der Waals surface area contributed by atoms with E-state index in [0.29, 0.717) is 18.7 Å². The summed E-state index contributed by atoms with van der Waals surface area (Å²) in [5, 5.41) is 15.1. The summed E-state index contributed by atoms with van der Waals surface area (Å²) in [6.07, 6.45) is 3.56. The minimum atomic E-state index is -1.13. The Balaban J connectivity index is 2.04. The molecule has 2 rings (SSSR count). The minimum Gasteiger partial charge on any atom is -0.480 e. The molecule has 2 aromatic rings. The summed E-state index contributed by atoms with van der Waals surface area (Å²) in [6, 6.07) is 12.0. The number of amides is 1. The predicted molar refractivity (Wildman–Crippen MR) is 120 cm³/mol. The van der Waals surface area contributed by atoms with Gasteiger partial charge in [-0.3, -0.25) is 24.4 Å². The summed E-state index contributed by atoms with van der Waals surface area (Å²) in [7, 11) is 1.62. The first-order valence-corrected chi connectivity index (χ1v) is 10.5. The van der Waals surface area contributed by atoms with Crippen molar-refractivity contribution in [2.75, 3.05) is 31.8 Å². The number of carboxylic acids is 1. The van der Waals surface area contributed by atoms with E-state index in [4.69, 9.17) is 4.74 Å². The van der Waals surface area contributed by atoms with E-state index in [-0.39, 0.29) is 12.6 Å². The zero-order valence-electron chi connectivity index (χ0n) is 18.6. The van der Waals surface area contributed by atoms with Gasteiger partial charge in [0.25, 0.3) is 5.91 Å². The molecule has 1 heterocycles. The number of benzene rings is 1. The van der Waals surface area contributed by atoms with Gasteiger partial charge in [0.05, 0.1) is 24.3 Å². The number of pyridine rings is 1. The molecular weight excluding hydrogens is 412 g/mol. The summed E-state index contributed by atoms with van der Waals surface area (Å²) in [4.78, 5) is 40.8. The number of hydrogen-bond donors (Lipinski definition) is 2. The van der Waals surface area contributed by atoms with E-state index in [1.807, 2.05) is 30.3 Å². The highest BCUT2D eigenvalue weighted by Gasteiger charge is 2.27. The van der Waals surface area contributed by atoms with Crippen LogP contribution < -0.4 is 10.3 Å². The number of anilines is 1. The van der Waals surface area contributed by atoms with Crippen LogP contribution >= 0.6 is 0 Å². The lowest BCUT2D eigenvalue weighted by atomic mass is 9.95. The first kappa shape index (κ1) is 24.8. The van der Waals surface area contributed by atoms with Crippen molar-refractivity contribution < 1.29 is 24.2 Å². The molecule has 2 atom stereocenters. The summed E-state index contributed by atoms with van der Waals surface area (Å²) in [6.45, 7) is 3.59. The number of carboxylic acid groups (broad SMARTS) is 1. The first-order valence-electron chi connectivity index (χ1n) is 10.5. The molecule has 9 nitrogen and oxygen atoms in total. The van der Waals surface area contributed by atoms with Gasteiger partial charge in [-0.15, -0.1) is 0 Å². The average Bonchev–Trinajstić information content (AvgIpc) is 2.80. The molecule has 0 radical (unpaired) electrons. The van der Waals surface area contributed by atoms with Crippen molar-refractivity contribution in [2.24, 2.45) is 0 Å². The quantitative estimate of drug-likeness (QED) is 0.380. The molecule has 9 heteroatoms. The second kappa shape index (κ2) is 12.4. The lowest BCUT2D eigenvalue weighted by molar-refractivity contribution is -0.146. The van der Waals surface area contributed by atoms with E-state index in [0.717, 1.165) is 10.6 Å². The molecule has 1 aromatic carbocycles. The molecule has 1 aromatic heterocycles. The SMILES string of the molecule is CCOC(=O)[C@@H](CCN[C@@H](C)C(=O)N(CC(=O)O)N(C)c1ccncc1)c1ccccc1. The molecule has 0 saturated heterocycles. The number of rotatable bonds is 12. The van der Waals surface area contributed by atoms with E-state index in [2.05, 4.69) is 10.3 Å². The molecule has 2 N–H and O–H groups in total. The Morgan fingerprint density at radius 2 is 1.78 bits per heavy atom. The molecule has 0 fully saturated rings. The third kappa shape index (κ3) is 7.05. The van der Waals surface area contributed by atoms with Crippen LogP contribution in [0.5, 0.6) is 0 Å². The molecule has 1 amide bonds. The van der Waals surface area contributed by atoms with Gasteiger partial charge in [0.2, 0.25) is 0 Å². The van der Waals surface area contributed by atoms with Crippen LogP contribution in [0.3, 0.4) is 0 Å². The number of ether oxygens (including phenoxy) is 1.